The van der Waals surface area contributed by atoms with Gasteiger partial charge < -0.3 is 10.6 Å². The zero-order chi connectivity index (χ0) is 13.9. The number of anilines is 1. The lowest BCUT2D eigenvalue weighted by molar-refractivity contribution is 0.102. The predicted molar refractivity (Wildman–Crippen MR) is 78.8 cm³/mol. The fourth-order valence-electron chi connectivity index (χ4n) is 2.53. The molecule has 0 saturated heterocycles. The minimum Gasteiger partial charge on any atom is -0.320 e. The van der Waals surface area contributed by atoms with Crippen LogP contribution < -0.4 is 10.6 Å². The molecule has 4 heteroatoms. The molecule has 2 N–H and O–H groups in total. The molecule has 0 unspecified atom stereocenters. The lowest BCUT2D eigenvalue weighted by Gasteiger charge is -2.20. The zero-order valence-electron chi connectivity index (χ0n) is 11.4. The van der Waals surface area contributed by atoms with E-state index in [2.05, 4.69) is 21.7 Å². The number of nitrogens with one attached hydrogen (secondary N) is 2. The monoisotopic (exact) mass is 267 g/mol. The average Bonchev–Trinajstić information content (AvgIpc) is 2.49. The molecule has 0 saturated carbocycles. The summed E-state index contributed by atoms with van der Waals surface area (Å²) in [7, 11) is 0. The van der Waals surface area contributed by atoms with Crippen LogP contribution in [0.2, 0.25) is 0 Å². The van der Waals surface area contributed by atoms with Crippen LogP contribution in [0.15, 0.2) is 36.7 Å². The Morgan fingerprint density at radius 1 is 1.35 bits per heavy atom. The molecular formula is C16H17N3O. The zero-order valence-corrected chi connectivity index (χ0v) is 11.4. The van der Waals surface area contributed by atoms with Gasteiger partial charge in [0.2, 0.25) is 0 Å². The van der Waals surface area contributed by atoms with Crippen molar-refractivity contribution < 1.29 is 4.79 Å². The van der Waals surface area contributed by atoms with Crippen LogP contribution in [0.3, 0.4) is 0 Å². The highest BCUT2D eigenvalue weighted by Crippen LogP contribution is 2.20. The van der Waals surface area contributed by atoms with Crippen molar-refractivity contribution >= 4 is 11.6 Å². The topological polar surface area (TPSA) is 54.0 Å². The first-order valence-electron chi connectivity index (χ1n) is 6.79. The van der Waals surface area contributed by atoms with Crippen molar-refractivity contribution in [3.8, 4) is 0 Å². The Balaban J connectivity index is 1.90. The number of nitrogens with zero attached hydrogens (tertiary/aromatic N) is 1. The fourth-order valence-corrected chi connectivity index (χ4v) is 2.53. The summed E-state index contributed by atoms with van der Waals surface area (Å²) in [5, 5.41) is 6.28. The van der Waals surface area contributed by atoms with Gasteiger partial charge in [0.25, 0.3) is 5.91 Å². The van der Waals surface area contributed by atoms with E-state index in [4.69, 9.17) is 0 Å². The van der Waals surface area contributed by atoms with E-state index in [-0.39, 0.29) is 5.91 Å². The average molecular weight is 267 g/mol. The molecule has 0 spiro atoms. The van der Waals surface area contributed by atoms with Gasteiger partial charge in [0.1, 0.15) is 0 Å². The molecule has 2 heterocycles. The van der Waals surface area contributed by atoms with E-state index >= 15 is 0 Å². The van der Waals surface area contributed by atoms with E-state index in [0.29, 0.717) is 0 Å². The molecule has 0 radical (unpaired) electrons. The molecule has 1 aliphatic heterocycles. The number of carbonyl (C=O) groups excluding carboxylic acids is 1. The van der Waals surface area contributed by atoms with Crippen LogP contribution >= 0.6 is 0 Å². The summed E-state index contributed by atoms with van der Waals surface area (Å²) in [6, 6.07) is 7.80. The smallest absolute Gasteiger partial charge is 0.256 e. The lowest BCUT2D eigenvalue weighted by Crippen LogP contribution is -2.26. The molecule has 4 nitrogen and oxygen atoms in total. The van der Waals surface area contributed by atoms with Crippen LogP contribution in [0.1, 0.15) is 27.0 Å². The number of benzene rings is 1. The van der Waals surface area contributed by atoms with E-state index in [1.54, 1.807) is 12.4 Å². The van der Waals surface area contributed by atoms with E-state index in [0.717, 1.165) is 41.9 Å². The van der Waals surface area contributed by atoms with Crippen molar-refractivity contribution in [1.82, 2.24) is 10.3 Å². The normalized spacial score (nSPS) is 13.7. The molecule has 1 amide bonds. The van der Waals surface area contributed by atoms with Gasteiger partial charge in [-0.3, -0.25) is 9.78 Å². The van der Waals surface area contributed by atoms with Gasteiger partial charge in [-0.15, -0.1) is 0 Å². The Kier molecular flexibility index (Phi) is 3.48. The standard InChI is InChI=1S/C16H17N3O/c1-11-5-7-18-10-15(11)19-16(20)14-4-2-3-12-9-17-8-6-13(12)14/h2-5,7,10,17H,6,8-9H2,1H3,(H,19,20). The summed E-state index contributed by atoms with van der Waals surface area (Å²) in [5.41, 5.74) is 4.92. The number of aryl methyl sites for hydroxylation is 1. The maximum absolute atomic E-state index is 12.5. The van der Waals surface area contributed by atoms with E-state index in [1.807, 2.05) is 25.1 Å². The predicted octanol–water partition coefficient (Wildman–Crippen LogP) is 2.29. The third-order valence-corrected chi connectivity index (χ3v) is 3.67. The van der Waals surface area contributed by atoms with Crippen molar-refractivity contribution in [2.75, 3.05) is 11.9 Å². The number of pyridine rings is 1. The van der Waals surface area contributed by atoms with Crippen LogP contribution in [0.4, 0.5) is 5.69 Å². The number of aromatic nitrogens is 1. The second-order valence-electron chi connectivity index (χ2n) is 5.01. The molecule has 102 valence electrons. The van der Waals surface area contributed by atoms with Crippen molar-refractivity contribution in [3.63, 3.8) is 0 Å². The van der Waals surface area contributed by atoms with E-state index in [9.17, 15) is 4.79 Å². The SMILES string of the molecule is Cc1ccncc1NC(=O)c1cccc2c1CCNC2. The molecule has 0 bridgehead atoms. The number of fused-ring (bicyclic) bond motifs is 1. The van der Waals surface area contributed by atoms with Gasteiger partial charge >= 0.3 is 0 Å². The van der Waals surface area contributed by atoms with E-state index < -0.39 is 0 Å². The third-order valence-electron chi connectivity index (χ3n) is 3.67. The summed E-state index contributed by atoms with van der Waals surface area (Å²) in [6.07, 6.45) is 4.30. The summed E-state index contributed by atoms with van der Waals surface area (Å²) in [4.78, 5) is 16.5. The molecule has 1 aliphatic rings. The minimum atomic E-state index is -0.0557. The Morgan fingerprint density at radius 3 is 3.10 bits per heavy atom. The first-order valence-corrected chi connectivity index (χ1v) is 6.79. The lowest BCUT2D eigenvalue weighted by atomic mass is 9.95. The maximum Gasteiger partial charge on any atom is 0.256 e. The molecule has 0 atom stereocenters. The van der Waals surface area contributed by atoms with E-state index in [1.165, 1.54) is 5.56 Å². The Bertz CT molecular complexity index is 652. The number of rotatable bonds is 2. The molecule has 1 aromatic heterocycles. The molecule has 1 aromatic carbocycles. The maximum atomic E-state index is 12.5. The van der Waals surface area contributed by atoms with Crippen LogP contribution in [0.5, 0.6) is 0 Å². The van der Waals surface area contributed by atoms with Gasteiger partial charge in [-0.2, -0.15) is 0 Å². The van der Waals surface area contributed by atoms with Crippen molar-refractivity contribution in [2.45, 2.75) is 19.9 Å². The molecule has 0 aliphatic carbocycles. The first kappa shape index (κ1) is 12.8. The number of hydrogen-bond acceptors (Lipinski definition) is 3. The van der Waals surface area contributed by atoms with Crippen LogP contribution in [0.25, 0.3) is 0 Å². The highest BCUT2D eigenvalue weighted by Gasteiger charge is 2.17. The Labute approximate surface area is 118 Å². The van der Waals surface area contributed by atoms with Gasteiger partial charge in [0, 0.05) is 18.3 Å². The summed E-state index contributed by atoms with van der Waals surface area (Å²) >= 11 is 0. The first-order chi connectivity index (χ1) is 9.75. The van der Waals surface area contributed by atoms with Crippen LogP contribution in [-0.2, 0) is 13.0 Å². The number of amides is 1. The Morgan fingerprint density at radius 2 is 2.25 bits per heavy atom. The van der Waals surface area contributed by atoms with Crippen molar-refractivity contribution in [1.29, 1.82) is 0 Å². The molecular weight excluding hydrogens is 250 g/mol. The van der Waals surface area contributed by atoms with Gasteiger partial charge in [0.15, 0.2) is 0 Å². The molecule has 2 aromatic rings. The number of carbonyl (C=O) groups is 1. The highest BCUT2D eigenvalue weighted by atomic mass is 16.1. The highest BCUT2D eigenvalue weighted by molar-refractivity contribution is 6.05. The molecule has 3 rings (SSSR count). The van der Waals surface area contributed by atoms with Gasteiger partial charge in [0.05, 0.1) is 11.9 Å². The molecule has 20 heavy (non-hydrogen) atoms. The largest absolute Gasteiger partial charge is 0.320 e. The third kappa shape index (κ3) is 2.42. The summed E-state index contributed by atoms with van der Waals surface area (Å²) in [6.45, 7) is 3.72. The van der Waals surface area contributed by atoms with Crippen molar-refractivity contribution in [3.05, 3.63) is 58.9 Å². The fraction of sp³-hybridized carbons (Fsp3) is 0.250. The van der Waals surface area contributed by atoms with Crippen LogP contribution in [0, 0.1) is 6.92 Å². The molecule has 0 fully saturated rings. The van der Waals surface area contributed by atoms with Gasteiger partial charge in [-0.25, -0.2) is 0 Å². The second-order valence-corrected chi connectivity index (χ2v) is 5.01. The summed E-state index contributed by atoms with van der Waals surface area (Å²) in [5.74, 6) is -0.0557. The second kappa shape index (κ2) is 5.43. The minimum absolute atomic E-state index is 0.0557. The van der Waals surface area contributed by atoms with Gasteiger partial charge in [-0.05, 0) is 48.7 Å². The van der Waals surface area contributed by atoms with Gasteiger partial charge in [-0.1, -0.05) is 12.1 Å². The summed E-state index contributed by atoms with van der Waals surface area (Å²) < 4.78 is 0. The quantitative estimate of drug-likeness (QED) is 0.877. The van der Waals surface area contributed by atoms with Crippen LogP contribution in [-0.4, -0.2) is 17.4 Å². The number of hydrogen-bond donors (Lipinski definition) is 2. The Hall–Kier alpha value is -2.20. The van der Waals surface area contributed by atoms with Crippen molar-refractivity contribution in [2.24, 2.45) is 0 Å².